The van der Waals surface area contributed by atoms with Crippen LogP contribution < -0.4 is 9.92 Å². The third-order valence-electron chi connectivity index (χ3n) is 3.57. The van der Waals surface area contributed by atoms with E-state index in [-0.39, 0.29) is 6.61 Å². The molecule has 0 aromatic heterocycles. The first-order chi connectivity index (χ1) is 9.62. The Morgan fingerprint density at radius 3 is 2.10 bits per heavy atom. The fourth-order valence-electron chi connectivity index (χ4n) is 2.26. The highest BCUT2D eigenvalue weighted by atomic mass is 28.3. The second-order valence-electron chi connectivity index (χ2n) is 5.65. The van der Waals surface area contributed by atoms with Gasteiger partial charge in [-0.15, -0.1) is 0 Å². The third kappa shape index (κ3) is 3.95. The summed E-state index contributed by atoms with van der Waals surface area (Å²) in [6.07, 6.45) is 0.890. The van der Waals surface area contributed by atoms with Gasteiger partial charge in [-0.1, -0.05) is 54.7 Å². The predicted octanol–water partition coefficient (Wildman–Crippen LogP) is 3.78. The zero-order valence-electron chi connectivity index (χ0n) is 12.2. The second kappa shape index (κ2) is 6.73. The van der Waals surface area contributed by atoms with Crippen molar-refractivity contribution in [1.82, 2.24) is 0 Å². The Balaban J connectivity index is 2.06. The van der Waals surface area contributed by atoms with E-state index >= 15 is 0 Å². The molecule has 0 aliphatic heterocycles. The lowest BCUT2D eigenvalue weighted by Crippen LogP contribution is -2.41. The number of benzene rings is 2. The highest BCUT2D eigenvalue weighted by molar-refractivity contribution is 6.89. The van der Waals surface area contributed by atoms with Crippen LogP contribution in [0.4, 0.5) is 0 Å². The van der Waals surface area contributed by atoms with Gasteiger partial charge in [0.2, 0.25) is 0 Å². The average Bonchev–Trinajstić information content (AvgIpc) is 2.47. The molecule has 0 radical (unpaired) electrons. The summed E-state index contributed by atoms with van der Waals surface area (Å²) in [4.78, 5) is 0. The minimum Gasteiger partial charge on any atom is -0.457 e. The lowest BCUT2D eigenvalue weighted by atomic mass is 10.3. The Hall–Kier alpha value is -1.58. The number of hydrogen-bond acceptors (Lipinski definition) is 2. The molecule has 0 unspecified atom stereocenters. The number of aliphatic hydroxyl groups excluding tert-OH is 1. The number of hydrogen-bond donors (Lipinski definition) is 1. The van der Waals surface area contributed by atoms with Crippen LogP contribution in [0.15, 0.2) is 54.6 Å². The van der Waals surface area contributed by atoms with Gasteiger partial charge in [-0.2, -0.15) is 0 Å². The molecule has 0 bridgehead atoms. The van der Waals surface area contributed by atoms with Gasteiger partial charge in [0.15, 0.2) is 0 Å². The summed E-state index contributed by atoms with van der Waals surface area (Å²) in [5.41, 5.74) is 0. The van der Waals surface area contributed by atoms with E-state index in [0.29, 0.717) is 0 Å². The van der Waals surface area contributed by atoms with Crippen LogP contribution in [0.5, 0.6) is 11.5 Å². The van der Waals surface area contributed by atoms with Gasteiger partial charge in [0.25, 0.3) is 0 Å². The highest BCUT2D eigenvalue weighted by Gasteiger charge is 2.22. The molecular formula is C17H22O2Si. The maximum Gasteiger partial charge on any atom is 0.127 e. The van der Waals surface area contributed by atoms with E-state index in [9.17, 15) is 0 Å². The van der Waals surface area contributed by atoms with Crippen LogP contribution in [-0.4, -0.2) is 19.8 Å². The van der Waals surface area contributed by atoms with Crippen molar-refractivity contribution in [3.05, 3.63) is 54.6 Å². The van der Waals surface area contributed by atoms with Crippen molar-refractivity contribution in [3.63, 3.8) is 0 Å². The van der Waals surface area contributed by atoms with Crippen LogP contribution in [-0.2, 0) is 0 Å². The smallest absolute Gasteiger partial charge is 0.127 e. The Labute approximate surface area is 122 Å². The Morgan fingerprint density at radius 2 is 1.50 bits per heavy atom. The van der Waals surface area contributed by atoms with Crippen LogP contribution in [0, 0.1) is 0 Å². The Bertz CT molecular complexity index is 520. The lowest BCUT2D eigenvalue weighted by molar-refractivity contribution is 0.294. The minimum atomic E-state index is -1.43. The van der Waals surface area contributed by atoms with Crippen LogP contribution >= 0.6 is 0 Å². The van der Waals surface area contributed by atoms with E-state index in [0.717, 1.165) is 24.0 Å². The summed E-state index contributed by atoms with van der Waals surface area (Å²) >= 11 is 0. The molecule has 0 aliphatic rings. The van der Waals surface area contributed by atoms with Crippen molar-refractivity contribution in [2.75, 3.05) is 6.61 Å². The molecule has 0 atom stereocenters. The average molecular weight is 286 g/mol. The van der Waals surface area contributed by atoms with E-state index in [4.69, 9.17) is 9.84 Å². The van der Waals surface area contributed by atoms with E-state index in [1.54, 1.807) is 0 Å². The van der Waals surface area contributed by atoms with Crippen LogP contribution in [0.25, 0.3) is 0 Å². The van der Waals surface area contributed by atoms with E-state index in [1.165, 1.54) is 5.19 Å². The number of para-hydroxylation sites is 1. The van der Waals surface area contributed by atoms with Crippen LogP contribution in [0.2, 0.25) is 19.1 Å². The summed E-state index contributed by atoms with van der Waals surface area (Å²) in [6.45, 7) is 4.97. The zero-order chi connectivity index (χ0) is 14.4. The van der Waals surface area contributed by atoms with Gasteiger partial charge in [-0.3, -0.25) is 0 Å². The molecule has 3 heteroatoms. The summed E-state index contributed by atoms with van der Waals surface area (Å²) in [5, 5.41) is 10.4. The maximum atomic E-state index is 8.99. The fraction of sp³-hybridized carbons (Fsp3) is 0.294. The van der Waals surface area contributed by atoms with E-state index in [1.807, 2.05) is 42.5 Å². The molecule has 0 saturated heterocycles. The molecule has 2 nitrogen and oxygen atoms in total. The third-order valence-corrected chi connectivity index (χ3v) is 7.07. The normalized spacial score (nSPS) is 11.3. The molecule has 20 heavy (non-hydrogen) atoms. The number of rotatable bonds is 6. The van der Waals surface area contributed by atoms with E-state index in [2.05, 4.69) is 25.2 Å². The maximum absolute atomic E-state index is 8.99. The van der Waals surface area contributed by atoms with Crippen molar-refractivity contribution in [2.24, 2.45) is 0 Å². The molecule has 1 N–H and O–H groups in total. The molecule has 0 spiro atoms. The van der Waals surface area contributed by atoms with Gasteiger partial charge >= 0.3 is 0 Å². The molecule has 106 valence electrons. The topological polar surface area (TPSA) is 29.5 Å². The lowest BCUT2D eigenvalue weighted by Gasteiger charge is -2.22. The molecule has 2 aromatic rings. The zero-order valence-corrected chi connectivity index (χ0v) is 13.2. The predicted molar refractivity (Wildman–Crippen MR) is 86.6 cm³/mol. The SMILES string of the molecule is C[Si](C)(CCCO)c1ccc(Oc2ccccc2)cc1. The second-order valence-corrected chi connectivity index (χ2v) is 10.5. The molecule has 0 amide bonds. The summed E-state index contributed by atoms with van der Waals surface area (Å²) < 4.78 is 5.80. The monoisotopic (exact) mass is 286 g/mol. The van der Waals surface area contributed by atoms with Crippen molar-refractivity contribution < 1.29 is 9.84 Å². The molecule has 0 fully saturated rings. The molecule has 2 rings (SSSR count). The molecule has 0 saturated carbocycles. The molecule has 2 aromatic carbocycles. The fourth-order valence-corrected chi connectivity index (χ4v) is 4.66. The van der Waals surface area contributed by atoms with E-state index < -0.39 is 8.07 Å². The van der Waals surface area contributed by atoms with Gasteiger partial charge in [0.1, 0.15) is 11.5 Å². The largest absolute Gasteiger partial charge is 0.457 e. The van der Waals surface area contributed by atoms with Crippen molar-refractivity contribution in [1.29, 1.82) is 0 Å². The van der Waals surface area contributed by atoms with Gasteiger partial charge in [-0.05, 0) is 30.7 Å². The summed E-state index contributed by atoms with van der Waals surface area (Å²) in [6, 6.07) is 19.3. The minimum absolute atomic E-state index is 0.283. The van der Waals surface area contributed by atoms with Gasteiger partial charge in [-0.25, -0.2) is 0 Å². The van der Waals surface area contributed by atoms with Crippen molar-refractivity contribution >= 4 is 13.3 Å². The first-order valence-corrected chi connectivity index (χ1v) is 10.3. The van der Waals surface area contributed by atoms with Gasteiger partial charge in [0.05, 0.1) is 8.07 Å². The Kier molecular flexibility index (Phi) is 4.98. The Morgan fingerprint density at radius 1 is 0.900 bits per heavy atom. The van der Waals surface area contributed by atoms with Crippen molar-refractivity contribution in [2.45, 2.75) is 25.6 Å². The number of ether oxygens (including phenoxy) is 1. The quantitative estimate of drug-likeness (QED) is 0.819. The van der Waals surface area contributed by atoms with Gasteiger partial charge in [0, 0.05) is 6.61 Å². The van der Waals surface area contributed by atoms with Crippen LogP contribution in [0.1, 0.15) is 6.42 Å². The molecular weight excluding hydrogens is 264 g/mol. The van der Waals surface area contributed by atoms with Crippen LogP contribution in [0.3, 0.4) is 0 Å². The molecule has 0 aliphatic carbocycles. The molecule has 0 heterocycles. The van der Waals surface area contributed by atoms with Gasteiger partial charge < -0.3 is 9.84 Å². The van der Waals surface area contributed by atoms with Crippen molar-refractivity contribution in [3.8, 4) is 11.5 Å². The summed E-state index contributed by atoms with van der Waals surface area (Å²) in [5.74, 6) is 1.73. The summed E-state index contributed by atoms with van der Waals surface area (Å²) in [7, 11) is -1.43. The highest BCUT2D eigenvalue weighted by Crippen LogP contribution is 2.21. The first kappa shape index (κ1) is 14.8. The first-order valence-electron chi connectivity index (χ1n) is 7.06. The number of aliphatic hydroxyl groups is 1. The standard InChI is InChI=1S/C17H22O2Si/c1-20(2,14-6-13-18)17-11-9-16(10-12-17)19-15-7-4-3-5-8-15/h3-5,7-12,18H,6,13-14H2,1-2H3.